The van der Waals surface area contributed by atoms with Crippen LogP contribution in [0.3, 0.4) is 0 Å². The van der Waals surface area contributed by atoms with E-state index < -0.39 is 10.3 Å². The van der Waals surface area contributed by atoms with Crippen molar-refractivity contribution < 1.29 is 19.2 Å². The molecule has 102 valence electrons. The van der Waals surface area contributed by atoms with Crippen molar-refractivity contribution in [3.05, 3.63) is 28.3 Å². The molecule has 0 bridgehead atoms. The van der Waals surface area contributed by atoms with Crippen LogP contribution in [-0.4, -0.2) is 23.9 Å². The lowest BCUT2D eigenvalue weighted by Gasteiger charge is -2.41. The zero-order valence-corrected chi connectivity index (χ0v) is 11.0. The van der Waals surface area contributed by atoms with Gasteiger partial charge in [-0.3, -0.25) is 14.9 Å². The van der Waals surface area contributed by atoms with E-state index in [1.54, 1.807) is 19.9 Å². The summed E-state index contributed by atoms with van der Waals surface area (Å²) in [5.74, 6) is 0.694. The van der Waals surface area contributed by atoms with Crippen LogP contribution in [0.2, 0.25) is 0 Å². The lowest BCUT2D eigenvalue weighted by Crippen LogP contribution is -2.52. The molecule has 0 amide bonds. The first kappa shape index (κ1) is 13.3. The predicted molar refractivity (Wildman–Crippen MR) is 67.5 cm³/mol. The van der Waals surface area contributed by atoms with Gasteiger partial charge in [-0.1, -0.05) is 0 Å². The maximum atomic E-state index is 11.4. The molecule has 1 saturated carbocycles. The highest BCUT2D eigenvalue weighted by Crippen LogP contribution is 2.40. The first-order valence-corrected chi connectivity index (χ1v) is 5.88. The lowest BCUT2D eigenvalue weighted by atomic mass is 9.68. The summed E-state index contributed by atoms with van der Waals surface area (Å²) in [5, 5.41) is 10.9. The molecule has 1 aromatic rings. The molecule has 0 heterocycles. The topological polar surface area (TPSA) is 78.7 Å². The highest BCUT2D eigenvalue weighted by Gasteiger charge is 2.49. The number of Topliss-reactive ketones (excluding diaryl/α,β-unsaturated/α-hetero) is 1. The van der Waals surface area contributed by atoms with Crippen molar-refractivity contribution in [3.8, 4) is 11.5 Å². The number of carbonyl (C=O) groups is 1. The van der Waals surface area contributed by atoms with Crippen LogP contribution in [-0.2, 0) is 4.79 Å². The highest BCUT2D eigenvalue weighted by molar-refractivity contribution is 5.91. The van der Waals surface area contributed by atoms with Crippen molar-refractivity contribution in [1.82, 2.24) is 0 Å². The standard InChI is InChI=1S/C13H15NO5/c1-13(2)11(15)7-12(13)19-8-4-5-10(18-3)9(6-8)14(16)17/h4-6,12H,7H2,1-3H3. The Morgan fingerprint density at radius 1 is 1.42 bits per heavy atom. The zero-order valence-electron chi connectivity index (χ0n) is 11.0. The Bertz CT molecular complexity index is 538. The van der Waals surface area contributed by atoms with Crippen molar-refractivity contribution in [1.29, 1.82) is 0 Å². The third-order valence-electron chi connectivity index (χ3n) is 3.52. The Morgan fingerprint density at radius 2 is 2.11 bits per heavy atom. The summed E-state index contributed by atoms with van der Waals surface area (Å²) in [6.45, 7) is 3.61. The second-order valence-electron chi connectivity index (χ2n) is 5.05. The van der Waals surface area contributed by atoms with E-state index in [2.05, 4.69) is 0 Å². The Morgan fingerprint density at radius 3 is 2.58 bits per heavy atom. The molecule has 1 aliphatic carbocycles. The Hall–Kier alpha value is -2.11. The monoisotopic (exact) mass is 265 g/mol. The molecule has 1 atom stereocenters. The Kier molecular flexibility index (Phi) is 3.18. The molecule has 0 aromatic heterocycles. The van der Waals surface area contributed by atoms with Crippen LogP contribution in [0.4, 0.5) is 5.69 Å². The molecule has 1 fully saturated rings. The number of carbonyl (C=O) groups excluding carboxylic acids is 1. The van der Waals surface area contributed by atoms with E-state index >= 15 is 0 Å². The van der Waals surface area contributed by atoms with Crippen molar-refractivity contribution in [2.75, 3.05) is 7.11 Å². The number of rotatable bonds is 4. The number of nitro groups is 1. The Balaban J connectivity index is 2.21. The largest absolute Gasteiger partial charge is 0.490 e. The third kappa shape index (κ3) is 2.25. The molecule has 0 saturated heterocycles. The van der Waals surface area contributed by atoms with Gasteiger partial charge in [0.15, 0.2) is 5.75 Å². The van der Waals surface area contributed by atoms with E-state index in [4.69, 9.17) is 9.47 Å². The molecule has 0 radical (unpaired) electrons. The van der Waals surface area contributed by atoms with Gasteiger partial charge in [-0.05, 0) is 26.0 Å². The van der Waals surface area contributed by atoms with Crippen molar-refractivity contribution in [2.24, 2.45) is 5.41 Å². The SMILES string of the molecule is COc1ccc(OC2CC(=O)C2(C)C)cc1[N+](=O)[O-]. The maximum Gasteiger partial charge on any atom is 0.314 e. The van der Waals surface area contributed by atoms with Crippen LogP contribution >= 0.6 is 0 Å². The molecule has 1 unspecified atom stereocenters. The normalized spacial score (nSPS) is 20.6. The third-order valence-corrected chi connectivity index (χ3v) is 3.52. The number of benzene rings is 1. The molecule has 1 aliphatic rings. The minimum absolute atomic E-state index is 0.139. The van der Waals surface area contributed by atoms with Gasteiger partial charge in [0.05, 0.1) is 23.5 Å². The van der Waals surface area contributed by atoms with Gasteiger partial charge in [-0.2, -0.15) is 0 Å². The molecular weight excluding hydrogens is 250 g/mol. The molecule has 6 nitrogen and oxygen atoms in total. The number of nitro benzene ring substituents is 1. The second kappa shape index (κ2) is 4.53. The fourth-order valence-corrected chi connectivity index (χ4v) is 1.97. The second-order valence-corrected chi connectivity index (χ2v) is 5.05. The first-order valence-electron chi connectivity index (χ1n) is 5.88. The molecular formula is C13H15NO5. The predicted octanol–water partition coefficient (Wildman–Crippen LogP) is 2.35. The van der Waals surface area contributed by atoms with Crippen LogP contribution in [0.15, 0.2) is 18.2 Å². The van der Waals surface area contributed by atoms with Gasteiger partial charge in [0.25, 0.3) is 0 Å². The van der Waals surface area contributed by atoms with Crippen molar-refractivity contribution in [2.45, 2.75) is 26.4 Å². The van der Waals surface area contributed by atoms with Gasteiger partial charge in [0.2, 0.25) is 0 Å². The summed E-state index contributed by atoms with van der Waals surface area (Å²) in [7, 11) is 1.37. The smallest absolute Gasteiger partial charge is 0.314 e. The number of hydrogen-bond acceptors (Lipinski definition) is 5. The summed E-state index contributed by atoms with van der Waals surface area (Å²) in [6.07, 6.45) is 0.0975. The Labute approximate surface area is 110 Å². The van der Waals surface area contributed by atoms with E-state index in [9.17, 15) is 14.9 Å². The maximum absolute atomic E-state index is 11.4. The number of ether oxygens (including phenoxy) is 2. The minimum atomic E-state index is -0.533. The highest BCUT2D eigenvalue weighted by atomic mass is 16.6. The molecule has 1 aromatic carbocycles. The van der Waals surface area contributed by atoms with Crippen LogP contribution in [0.25, 0.3) is 0 Å². The summed E-state index contributed by atoms with van der Waals surface area (Å²) >= 11 is 0. The minimum Gasteiger partial charge on any atom is -0.490 e. The number of ketones is 1. The van der Waals surface area contributed by atoms with Gasteiger partial charge in [-0.25, -0.2) is 0 Å². The molecule has 6 heteroatoms. The van der Waals surface area contributed by atoms with Crippen LogP contribution in [0.5, 0.6) is 11.5 Å². The average Bonchev–Trinajstić information content (AvgIpc) is 2.38. The summed E-state index contributed by atoms with van der Waals surface area (Å²) in [5.41, 5.74) is -0.683. The van der Waals surface area contributed by atoms with Crippen LogP contribution in [0, 0.1) is 15.5 Å². The first-order chi connectivity index (χ1) is 8.86. The van der Waals surface area contributed by atoms with E-state index in [1.165, 1.54) is 19.2 Å². The molecule has 0 aliphatic heterocycles. The van der Waals surface area contributed by atoms with Gasteiger partial charge in [0.1, 0.15) is 17.6 Å². The quantitative estimate of drug-likeness (QED) is 0.616. The van der Waals surface area contributed by atoms with Crippen LogP contribution in [0.1, 0.15) is 20.3 Å². The molecule has 0 N–H and O–H groups in total. The number of nitrogens with zero attached hydrogens (tertiary/aromatic N) is 1. The van der Waals surface area contributed by atoms with Gasteiger partial charge in [-0.15, -0.1) is 0 Å². The van der Waals surface area contributed by atoms with Gasteiger partial charge >= 0.3 is 5.69 Å². The van der Waals surface area contributed by atoms with E-state index in [0.29, 0.717) is 12.2 Å². The number of hydrogen-bond donors (Lipinski definition) is 0. The van der Waals surface area contributed by atoms with E-state index in [1.807, 2.05) is 0 Å². The summed E-state index contributed by atoms with van der Waals surface area (Å²) < 4.78 is 10.6. The summed E-state index contributed by atoms with van der Waals surface area (Å²) in [4.78, 5) is 21.8. The van der Waals surface area contributed by atoms with Gasteiger partial charge in [0, 0.05) is 6.42 Å². The van der Waals surface area contributed by atoms with Crippen molar-refractivity contribution >= 4 is 11.5 Å². The molecule has 19 heavy (non-hydrogen) atoms. The fourth-order valence-electron chi connectivity index (χ4n) is 1.97. The number of methoxy groups -OCH3 is 1. The molecule has 0 spiro atoms. The summed E-state index contributed by atoms with van der Waals surface area (Å²) in [6, 6.07) is 4.41. The van der Waals surface area contributed by atoms with Crippen molar-refractivity contribution in [3.63, 3.8) is 0 Å². The fraction of sp³-hybridized carbons (Fsp3) is 0.462. The van der Waals surface area contributed by atoms with Gasteiger partial charge < -0.3 is 9.47 Å². The van der Waals surface area contributed by atoms with E-state index in [0.717, 1.165) is 0 Å². The molecule has 2 rings (SSSR count). The average molecular weight is 265 g/mol. The lowest BCUT2D eigenvalue weighted by molar-refractivity contribution is -0.385. The van der Waals surface area contributed by atoms with Crippen LogP contribution < -0.4 is 9.47 Å². The van der Waals surface area contributed by atoms with E-state index in [-0.39, 0.29) is 23.3 Å². The zero-order chi connectivity index (χ0) is 14.2.